The molecule has 1 aliphatic rings. The molecular weight excluding hydrogens is 119 g/mol. The summed E-state index contributed by atoms with van der Waals surface area (Å²) in [5, 5.41) is 0. The van der Waals surface area contributed by atoms with Crippen LogP contribution in [0.5, 0.6) is 0 Å². The van der Waals surface area contributed by atoms with E-state index in [1.54, 1.807) is 0 Å². The molecule has 0 bridgehead atoms. The Bertz CT molecular complexity index is 85.0. The number of rotatable bonds is 1. The molecular formula is C7H13FO. The molecule has 0 aromatic heterocycles. The van der Waals surface area contributed by atoms with Gasteiger partial charge >= 0.3 is 0 Å². The van der Waals surface area contributed by atoms with E-state index in [-0.39, 0.29) is 5.92 Å². The van der Waals surface area contributed by atoms with Gasteiger partial charge in [0.1, 0.15) is 6.17 Å². The second kappa shape index (κ2) is 3.16. The smallest absolute Gasteiger partial charge is 0.126 e. The number of alkyl halides is 1. The fraction of sp³-hybridized carbons (Fsp3) is 1.00. The van der Waals surface area contributed by atoms with Gasteiger partial charge in [0, 0.05) is 6.61 Å². The van der Waals surface area contributed by atoms with Crippen molar-refractivity contribution in [2.24, 2.45) is 5.92 Å². The van der Waals surface area contributed by atoms with Gasteiger partial charge in [0.15, 0.2) is 0 Å². The van der Waals surface area contributed by atoms with Crippen molar-refractivity contribution in [3.63, 3.8) is 0 Å². The largest absolute Gasteiger partial charge is 0.378 e. The molecule has 2 atom stereocenters. The van der Waals surface area contributed by atoms with Crippen molar-refractivity contribution in [3.8, 4) is 0 Å². The highest BCUT2D eigenvalue weighted by Crippen LogP contribution is 2.20. The lowest BCUT2D eigenvalue weighted by molar-refractivity contribution is -0.00242. The number of hydrogen-bond acceptors (Lipinski definition) is 1. The number of ether oxygens (including phenoxy) is 1. The number of hydrogen-bond donors (Lipinski definition) is 0. The molecule has 1 saturated heterocycles. The van der Waals surface area contributed by atoms with Crippen LogP contribution in [-0.2, 0) is 4.74 Å². The second-order valence-corrected chi connectivity index (χ2v) is 2.55. The Labute approximate surface area is 55.2 Å². The van der Waals surface area contributed by atoms with Crippen LogP contribution in [-0.4, -0.2) is 19.4 Å². The van der Waals surface area contributed by atoms with Gasteiger partial charge in [-0.2, -0.15) is 0 Å². The average molecular weight is 132 g/mol. The zero-order chi connectivity index (χ0) is 6.69. The van der Waals surface area contributed by atoms with Crippen LogP contribution >= 0.6 is 0 Å². The summed E-state index contributed by atoms with van der Waals surface area (Å²) < 4.78 is 17.7. The summed E-state index contributed by atoms with van der Waals surface area (Å²) in [6, 6.07) is 0. The molecule has 0 spiro atoms. The first-order chi connectivity index (χ1) is 4.34. The molecule has 0 saturated carbocycles. The summed E-state index contributed by atoms with van der Waals surface area (Å²) in [6.45, 7) is 3.10. The summed E-state index contributed by atoms with van der Waals surface area (Å²) in [5.74, 6) is 0.263. The third-order valence-corrected chi connectivity index (χ3v) is 1.95. The normalized spacial score (nSPS) is 36.7. The van der Waals surface area contributed by atoms with E-state index in [0.29, 0.717) is 6.61 Å². The molecule has 0 amide bonds. The van der Waals surface area contributed by atoms with Crippen molar-refractivity contribution in [3.05, 3.63) is 0 Å². The van der Waals surface area contributed by atoms with Crippen molar-refractivity contribution in [1.29, 1.82) is 0 Å². The molecule has 0 radical (unpaired) electrons. The summed E-state index contributed by atoms with van der Waals surface area (Å²) in [7, 11) is 0. The molecule has 1 fully saturated rings. The quantitative estimate of drug-likeness (QED) is 0.528. The number of halogens is 1. The topological polar surface area (TPSA) is 9.23 Å². The maximum atomic E-state index is 12.7. The van der Waals surface area contributed by atoms with Crippen molar-refractivity contribution < 1.29 is 9.13 Å². The first-order valence-electron chi connectivity index (χ1n) is 3.56. The van der Waals surface area contributed by atoms with Gasteiger partial charge in [0.25, 0.3) is 0 Å². The lowest BCUT2D eigenvalue weighted by Crippen LogP contribution is -2.28. The van der Waals surface area contributed by atoms with Gasteiger partial charge in [-0.15, -0.1) is 0 Å². The Morgan fingerprint density at radius 1 is 1.67 bits per heavy atom. The highest BCUT2D eigenvalue weighted by molar-refractivity contribution is 4.70. The first kappa shape index (κ1) is 7.00. The molecule has 54 valence electrons. The van der Waals surface area contributed by atoms with Crippen LogP contribution in [0.25, 0.3) is 0 Å². The van der Waals surface area contributed by atoms with E-state index in [2.05, 4.69) is 0 Å². The molecule has 0 aromatic carbocycles. The molecule has 1 rings (SSSR count). The van der Waals surface area contributed by atoms with Crippen molar-refractivity contribution in [1.82, 2.24) is 0 Å². The Morgan fingerprint density at radius 2 is 2.44 bits per heavy atom. The second-order valence-electron chi connectivity index (χ2n) is 2.55. The van der Waals surface area contributed by atoms with Crippen LogP contribution in [0.2, 0.25) is 0 Å². The zero-order valence-electron chi connectivity index (χ0n) is 5.77. The van der Waals surface area contributed by atoms with E-state index in [0.717, 1.165) is 19.4 Å². The molecule has 2 unspecified atom stereocenters. The summed E-state index contributed by atoms with van der Waals surface area (Å²) in [6.07, 6.45) is 1.14. The molecule has 1 nitrogen and oxygen atoms in total. The van der Waals surface area contributed by atoms with Gasteiger partial charge in [-0.05, 0) is 12.3 Å². The van der Waals surface area contributed by atoms with Crippen LogP contribution in [0, 0.1) is 5.92 Å². The molecule has 0 N–H and O–H groups in total. The molecule has 2 heteroatoms. The van der Waals surface area contributed by atoms with Gasteiger partial charge in [-0.3, -0.25) is 0 Å². The van der Waals surface area contributed by atoms with Gasteiger partial charge in [0.05, 0.1) is 6.61 Å². The maximum Gasteiger partial charge on any atom is 0.126 e. The highest BCUT2D eigenvalue weighted by atomic mass is 19.1. The Balaban J connectivity index is 2.30. The van der Waals surface area contributed by atoms with Crippen LogP contribution in [0.4, 0.5) is 4.39 Å². The summed E-state index contributed by atoms with van der Waals surface area (Å²) >= 11 is 0. The third kappa shape index (κ3) is 1.65. The molecule has 1 heterocycles. The molecule has 1 aliphatic heterocycles. The van der Waals surface area contributed by atoms with Crippen LogP contribution in [0.3, 0.4) is 0 Å². The predicted molar refractivity (Wildman–Crippen MR) is 34.1 cm³/mol. The van der Waals surface area contributed by atoms with Gasteiger partial charge in [-0.1, -0.05) is 13.3 Å². The van der Waals surface area contributed by atoms with E-state index in [1.807, 2.05) is 6.92 Å². The van der Waals surface area contributed by atoms with Crippen molar-refractivity contribution >= 4 is 0 Å². The summed E-state index contributed by atoms with van der Waals surface area (Å²) in [5.41, 5.74) is 0. The lowest BCUT2D eigenvalue weighted by atomic mass is 9.96. The minimum absolute atomic E-state index is 0.263. The first-order valence-corrected chi connectivity index (χ1v) is 3.56. The van der Waals surface area contributed by atoms with Crippen molar-refractivity contribution in [2.45, 2.75) is 25.9 Å². The van der Waals surface area contributed by atoms with Crippen LogP contribution < -0.4 is 0 Å². The highest BCUT2D eigenvalue weighted by Gasteiger charge is 2.22. The standard InChI is InChI=1S/C7H13FO/c1-2-6-3-4-9-5-7(6)8/h6-7H,2-5H2,1H3. The Hall–Kier alpha value is -0.110. The van der Waals surface area contributed by atoms with Gasteiger partial charge < -0.3 is 4.74 Å². The minimum Gasteiger partial charge on any atom is -0.378 e. The minimum atomic E-state index is -0.705. The van der Waals surface area contributed by atoms with Crippen molar-refractivity contribution in [2.75, 3.05) is 13.2 Å². The zero-order valence-corrected chi connectivity index (χ0v) is 5.77. The van der Waals surface area contributed by atoms with Gasteiger partial charge in [-0.25, -0.2) is 4.39 Å². The maximum absolute atomic E-state index is 12.7. The Morgan fingerprint density at radius 3 is 2.89 bits per heavy atom. The lowest BCUT2D eigenvalue weighted by Gasteiger charge is -2.24. The Kier molecular flexibility index (Phi) is 2.46. The summed E-state index contributed by atoms with van der Waals surface area (Å²) in [4.78, 5) is 0. The van der Waals surface area contributed by atoms with E-state index >= 15 is 0 Å². The molecule has 9 heavy (non-hydrogen) atoms. The van der Waals surface area contributed by atoms with Crippen LogP contribution in [0.15, 0.2) is 0 Å². The van der Waals surface area contributed by atoms with Gasteiger partial charge in [0.2, 0.25) is 0 Å². The fourth-order valence-electron chi connectivity index (χ4n) is 1.21. The fourth-order valence-corrected chi connectivity index (χ4v) is 1.21. The van der Waals surface area contributed by atoms with E-state index in [1.165, 1.54) is 0 Å². The van der Waals surface area contributed by atoms with E-state index < -0.39 is 6.17 Å². The van der Waals surface area contributed by atoms with E-state index in [9.17, 15) is 4.39 Å². The SMILES string of the molecule is CCC1CCOCC1F. The van der Waals surface area contributed by atoms with Crippen LogP contribution in [0.1, 0.15) is 19.8 Å². The average Bonchev–Trinajstić information content (AvgIpc) is 1.89. The monoisotopic (exact) mass is 132 g/mol. The predicted octanol–water partition coefficient (Wildman–Crippen LogP) is 1.77. The van der Waals surface area contributed by atoms with E-state index in [4.69, 9.17) is 4.74 Å². The molecule has 0 aromatic rings. The molecule has 0 aliphatic carbocycles. The third-order valence-electron chi connectivity index (χ3n) is 1.95.